The van der Waals surface area contributed by atoms with Gasteiger partial charge in [0.2, 0.25) is 24.1 Å². The molecule has 4 aromatic carbocycles. The van der Waals surface area contributed by atoms with Crippen LogP contribution in [0, 0.1) is 0 Å². The van der Waals surface area contributed by atoms with Crippen LogP contribution in [0.15, 0.2) is 60.7 Å². The van der Waals surface area contributed by atoms with Crippen LogP contribution in [-0.2, 0) is 20.6 Å². The number of aliphatic hydroxyl groups is 2. The van der Waals surface area contributed by atoms with Crippen LogP contribution in [0.3, 0.4) is 0 Å². The summed E-state index contributed by atoms with van der Waals surface area (Å²) in [6.07, 6.45) is -9.63. The number of ketones is 1. The van der Waals surface area contributed by atoms with Crippen molar-refractivity contribution < 1.29 is 79.3 Å². The second kappa shape index (κ2) is 13.0. The number of rotatable bonds is 6. The number of fused-ring (bicyclic) bond motifs is 4. The monoisotopic (exact) mass is 692 g/mol. The van der Waals surface area contributed by atoms with Gasteiger partial charge in [-0.2, -0.15) is 0 Å². The van der Waals surface area contributed by atoms with E-state index in [1.54, 1.807) is 0 Å². The SMILES string of the molecule is O=C(CCc1ccccc1)c1ccc(O[C@@H]2O[C@@H]3OC(=O)c4cc(O)c(O)c(O)c4-c4c(cc(O)c(O)c4O)C(=O)O[C@@H]3[C@H](O)[C@H]2O)cc1O. The van der Waals surface area contributed by atoms with Gasteiger partial charge in [0.15, 0.2) is 34.9 Å². The maximum Gasteiger partial charge on any atom is 0.341 e. The summed E-state index contributed by atoms with van der Waals surface area (Å²) in [6.45, 7) is 0. The van der Waals surface area contributed by atoms with Crippen LogP contribution in [0.25, 0.3) is 11.1 Å². The molecule has 4 aromatic rings. The molecule has 2 aliphatic rings. The topological polar surface area (TPSA) is 270 Å². The van der Waals surface area contributed by atoms with Crippen molar-refractivity contribution in [3.05, 3.63) is 82.9 Å². The van der Waals surface area contributed by atoms with Crippen molar-refractivity contribution in [3.8, 4) is 57.1 Å². The highest BCUT2D eigenvalue weighted by atomic mass is 16.8. The summed E-state index contributed by atoms with van der Waals surface area (Å²) in [6, 6.07) is 14.0. The lowest BCUT2D eigenvalue weighted by Crippen LogP contribution is -2.61. The van der Waals surface area contributed by atoms with Crippen LogP contribution in [0.4, 0.5) is 0 Å². The summed E-state index contributed by atoms with van der Waals surface area (Å²) in [5.41, 5.74) is -2.43. The number of hydrogen-bond acceptors (Lipinski definition) is 16. The van der Waals surface area contributed by atoms with E-state index in [0.717, 1.165) is 11.6 Å². The van der Waals surface area contributed by atoms with Crippen LogP contribution in [0.1, 0.15) is 43.1 Å². The maximum atomic E-state index is 13.5. The number of phenolic OH excluding ortho intramolecular Hbond substituents is 7. The quantitative estimate of drug-likeness (QED) is 0.0797. The Labute approximate surface area is 280 Å². The molecule has 0 unspecified atom stereocenters. The Hall–Kier alpha value is -6.23. The lowest BCUT2D eigenvalue weighted by molar-refractivity contribution is -0.318. The number of aryl methyl sites for hydroxylation is 1. The van der Waals surface area contributed by atoms with Gasteiger partial charge in [-0.1, -0.05) is 30.3 Å². The van der Waals surface area contributed by atoms with Crippen molar-refractivity contribution in [1.29, 1.82) is 0 Å². The number of esters is 2. The van der Waals surface area contributed by atoms with E-state index in [9.17, 15) is 60.3 Å². The molecule has 0 spiro atoms. The smallest absolute Gasteiger partial charge is 0.341 e. The fraction of sp³-hybridized carbons (Fsp3) is 0.206. The lowest BCUT2D eigenvalue weighted by atomic mass is 9.91. The summed E-state index contributed by atoms with van der Waals surface area (Å²) < 4.78 is 21.8. The first kappa shape index (κ1) is 33.7. The lowest BCUT2D eigenvalue weighted by Gasteiger charge is -2.41. The highest BCUT2D eigenvalue weighted by Gasteiger charge is 2.51. The largest absolute Gasteiger partial charge is 0.507 e. The number of ether oxygens (including phenoxy) is 4. The van der Waals surface area contributed by atoms with Crippen LogP contribution >= 0.6 is 0 Å². The molecule has 16 heteroatoms. The molecule has 0 saturated carbocycles. The number of hydrogen-bond donors (Lipinski definition) is 9. The Bertz CT molecular complexity index is 2010. The standard InChI is InChI=1S/C34H28O16/c35-18(9-6-13-4-2-1-3-5-13)15-8-7-14(10-19(15)36)47-33-29(44)28(43)30-34(50-33)49-32(46)17-12-21(38)25(40)27(42)23(17)22-16(31(45)48-30)11-20(37)24(39)26(22)41/h1-5,7-8,10-12,28-30,33-34,36-44H,6,9H2/t28-,29-,30-,33-,34+/m1/s1. The van der Waals surface area contributed by atoms with Gasteiger partial charge in [0, 0.05) is 23.6 Å². The maximum absolute atomic E-state index is 13.5. The Balaban J connectivity index is 1.30. The highest BCUT2D eigenvalue weighted by Crippen LogP contribution is 2.53. The number of aromatic hydroxyl groups is 7. The fourth-order valence-electron chi connectivity index (χ4n) is 5.59. The fourth-order valence-corrected chi connectivity index (χ4v) is 5.59. The summed E-state index contributed by atoms with van der Waals surface area (Å²) in [7, 11) is 0. The average molecular weight is 693 g/mol. The van der Waals surface area contributed by atoms with Crippen molar-refractivity contribution >= 4 is 17.7 Å². The first-order chi connectivity index (χ1) is 23.8. The molecular weight excluding hydrogens is 664 g/mol. The van der Waals surface area contributed by atoms with E-state index in [0.29, 0.717) is 18.6 Å². The van der Waals surface area contributed by atoms with E-state index < -0.39 is 105 Å². The van der Waals surface area contributed by atoms with Gasteiger partial charge in [-0.25, -0.2) is 9.59 Å². The predicted octanol–water partition coefficient (Wildman–Crippen LogP) is 2.29. The zero-order chi connectivity index (χ0) is 36.0. The minimum absolute atomic E-state index is 0.0199. The van der Waals surface area contributed by atoms with Crippen LogP contribution in [-0.4, -0.2) is 94.6 Å². The molecule has 1 saturated heterocycles. The molecule has 2 aliphatic heterocycles. The predicted molar refractivity (Wildman–Crippen MR) is 165 cm³/mol. The van der Waals surface area contributed by atoms with Gasteiger partial charge < -0.3 is 60.2 Å². The molecule has 6 rings (SSSR count). The van der Waals surface area contributed by atoms with Crippen molar-refractivity contribution in [2.75, 3.05) is 0 Å². The summed E-state index contributed by atoms with van der Waals surface area (Å²) in [5.74, 6) is -11.0. The van der Waals surface area contributed by atoms with E-state index in [1.165, 1.54) is 12.1 Å². The van der Waals surface area contributed by atoms with Crippen LogP contribution < -0.4 is 4.74 Å². The van der Waals surface area contributed by atoms with Gasteiger partial charge in [0.25, 0.3) is 0 Å². The average Bonchev–Trinajstić information content (AvgIpc) is 3.09. The summed E-state index contributed by atoms with van der Waals surface area (Å²) in [4.78, 5) is 39.7. The summed E-state index contributed by atoms with van der Waals surface area (Å²) >= 11 is 0. The summed E-state index contributed by atoms with van der Waals surface area (Å²) in [5, 5.41) is 94.6. The Morgan fingerprint density at radius 3 is 1.84 bits per heavy atom. The van der Waals surface area contributed by atoms with Gasteiger partial charge in [0.05, 0.1) is 16.7 Å². The van der Waals surface area contributed by atoms with E-state index in [2.05, 4.69) is 0 Å². The van der Waals surface area contributed by atoms with Crippen LogP contribution in [0.5, 0.6) is 46.0 Å². The zero-order valence-corrected chi connectivity index (χ0v) is 25.5. The Morgan fingerprint density at radius 2 is 1.26 bits per heavy atom. The Morgan fingerprint density at radius 1 is 0.680 bits per heavy atom. The second-order valence-corrected chi connectivity index (χ2v) is 11.4. The van der Waals surface area contributed by atoms with E-state index in [-0.39, 0.29) is 23.5 Å². The molecule has 50 heavy (non-hydrogen) atoms. The molecule has 1 fully saturated rings. The molecule has 16 nitrogen and oxygen atoms in total. The Kier molecular flexibility index (Phi) is 8.75. The number of Topliss-reactive ketones (excluding diaryl/α,β-unsaturated/α-hetero) is 1. The number of carbonyl (C=O) groups is 3. The van der Waals surface area contributed by atoms with Crippen molar-refractivity contribution in [3.63, 3.8) is 0 Å². The molecule has 0 radical (unpaired) electrons. The first-order valence-electron chi connectivity index (χ1n) is 14.8. The second-order valence-electron chi connectivity index (χ2n) is 11.4. The molecule has 0 bridgehead atoms. The molecule has 9 N–H and O–H groups in total. The highest BCUT2D eigenvalue weighted by molar-refractivity contribution is 6.08. The molecule has 260 valence electrons. The van der Waals surface area contributed by atoms with Crippen molar-refractivity contribution in [2.45, 2.75) is 43.7 Å². The normalized spacial score (nSPS) is 21.5. The minimum atomic E-state index is -2.12. The molecule has 0 amide bonds. The number of benzene rings is 4. The van der Waals surface area contributed by atoms with E-state index >= 15 is 0 Å². The third-order valence-corrected chi connectivity index (χ3v) is 8.17. The van der Waals surface area contributed by atoms with Crippen molar-refractivity contribution in [2.24, 2.45) is 0 Å². The van der Waals surface area contributed by atoms with Crippen molar-refractivity contribution in [1.82, 2.24) is 0 Å². The van der Waals surface area contributed by atoms with Gasteiger partial charge in [-0.15, -0.1) is 0 Å². The van der Waals surface area contributed by atoms with Gasteiger partial charge >= 0.3 is 11.9 Å². The molecule has 5 atom stereocenters. The van der Waals surface area contributed by atoms with Gasteiger partial charge in [0.1, 0.15) is 23.7 Å². The third kappa shape index (κ3) is 5.98. The number of aliphatic hydroxyl groups excluding tert-OH is 2. The van der Waals surface area contributed by atoms with Crippen LogP contribution in [0.2, 0.25) is 0 Å². The van der Waals surface area contributed by atoms with E-state index in [4.69, 9.17) is 18.9 Å². The third-order valence-electron chi connectivity index (χ3n) is 8.17. The molecule has 2 heterocycles. The van der Waals surface area contributed by atoms with E-state index in [1.807, 2.05) is 30.3 Å². The molecule has 0 aliphatic carbocycles. The van der Waals surface area contributed by atoms with Gasteiger partial charge in [-0.05, 0) is 36.2 Å². The van der Waals surface area contributed by atoms with Gasteiger partial charge in [-0.3, -0.25) is 9.53 Å². The molecular formula is C34H28O16. The number of phenols is 7. The molecule has 0 aromatic heterocycles. The first-order valence-corrected chi connectivity index (χ1v) is 14.8. The minimum Gasteiger partial charge on any atom is -0.507 e. The zero-order valence-electron chi connectivity index (χ0n) is 25.5. The number of carbonyl (C=O) groups excluding carboxylic acids is 3.